The fourth-order valence-electron chi connectivity index (χ4n) is 10.4. The van der Waals surface area contributed by atoms with E-state index in [0.29, 0.717) is 0 Å². The predicted octanol–water partition coefficient (Wildman–Crippen LogP) is 13.3. The molecule has 1 aliphatic heterocycles. The van der Waals surface area contributed by atoms with E-state index in [-0.39, 0.29) is 0 Å². The molecule has 0 saturated heterocycles. The maximum absolute atomic E-state index is 5.22. The second-order valence-electron chi connectivity index (χ2n) is 15.5. The highest BCUT2D eigenvalue weighted by molar-refractivity contribution is 6.13. The topological polar surface area (TPSA) is 22.8 Å². The van der Waals surface area contributed by atoms with E-state index in [1.54, 1.807) is 0 Å². The number of benzene rings is 9. The number of fused-ring (bicyclic) bond motifs is 14. The van der Waals surface area contributed by atoms with Crippen molar-refractivity contribution in [2.75, 3.05) is 0 Å². The standard InChI is InChI=1S/C54H33N3/c1-2-15-38-35(13-1)14-11-19-43(38)53-55-48-23-7-10-26-51(48)56(53)37-30-27-34(28-31-37)36-29-32-40-39-16-3-5-20-44(39)54(47(40)33-36)45-21-6-9-25-50(45)57-49-24-8-4-17-41(49)42-18-12-22-46(54)52(42)57/h1-33H. The summed E-state index contributed by atoms with van der Waals surface area (Å²) in [7, 11) is 0. The van der Waals surface area contributed by atoms with Crippen LogP contribution < -0.4 is 0 Å². The van der Waals surface area contributed by atoms with Crippen LogP contribution in [0.4, 0.5) is 0 Å². The molecule has 9 aromatic carbocycles. The zero-order chi connectivity index (χ0) is 37.2. The molecule has 2 aliphatic rings. The first-order valence-electron chi connectivity index (χ1n) is 19.7. The Morgan fingerprint density at radius 1 is 0.386 bits per heavy atom. The first-order chi connectivity index (χ1) is 28.3. The summed E-state index contributed by atoms with van der Waals surface area (Å²) in [6.07, 6.45) is 0. The molecule has 264 valence electrons. The fraction of sp³-hybridized carbons (Fsp3) is 0.0185. The number of aromatic nitrogens is 3. The van der Waals surface area contributed by atoms with E-state index in [0.717, 1.165) is 28.1 Å². The van der Waals surface area contributed by atoms with Crippen molar-refractivity contribution in [3.05, 3.63) is 222 Å². The van der Waals surface area contributed by atoms with E-state index in [1.165, 1.54) is 82.8 Å². The third-order valence-corrected chi connectivity index (χ3v) is 12.7. The lowest BCUT2D eigenvalue weighted by Gasteiger charge is -2.39. The second kappa shape index (κ2) is 11.3. The molecule has 0 N–H and O–H groups in total. The monoisotopic (exact) mass is 723 g/mol. The molecular weight excluding hydrogens is 691 g/mol. The van der Waals surface area contributed by atoms with Crippen LogP contribution in [0.1, 0.15) is 22.3 Å². The maximum Gasteiger partial charge on any atom is 0.146 e. The van der Waals surface area contributed by atoms with Gasteiger partial charge in [-0.25, -0.2) is 4.98 Å². The number of imidazole rings is 1. The lowest BCUT2D eigenvalue weighted by Crippen LogP contribution is -2.33. The third kappa shape index (κ3) is 3.97. The molecule has 2 aromatic heterocycles. The summed E-state index contributed by atoms with van der Waals surface area (Å²) >= 11 is 0. The Bertz CT molecular complexity index is 3470. The molecule has 3 heterocycles. The van der Waals surface area contributed by atoms with Gasteiger partial charge in [0.05, 0.1) is 33.2 Å². The summed E-state index contributed by atoms with van der Waals surface area (Å²) < 4.78 is 4.82. The van der Waals surface area contributed by atoms with Crippen LogP contribution in [0.25, 0.3) is 88.6 Å². The number of nitrogens with zero attached hydrogens (tertiary/aromatic N) is 3. The van der Waals surface area contributed by atoms with Gasteiger partial charge in [0.2, 0.25) is 0 Å². The molecular formula is C54H33N3. The van der Waals surface area contributed by atoms with Crippen LogP contribution >= 0.6 is 0 Å². The molecule has 57 heavy (non-hydrogen) atoms. The van der Waals surface area contributed by atoms with Crippen molar-refractivity contribution in [1.82, 2.24) is 14.1 Å². The molecule has 0 radical (unpaired) electrons. The van der Waals surface area contributed by atoms with Gasteiger partial charge in [-0.3, -0.25) is 4.57 Å². The molecule has 13 rings (SSSR count). The summed E-state index contributed by atoms with van der Waals surface area (Å²) in [5.74, 6) is 0.945. The fourth-order valence-corrected chi connectivity index (χ4v) is 10.4. The molecule has 0 saturated carbocycles. The number of para-hydroxylation sites is 5. The van der Waals surface area contributed by atoms with E-state index in [2.05, 4.69) is 209 Å². The molecule has 3 heteroatoms. The normalized spacial score (nSPS) is 15.1. The van der Waals surface area contributed by atoms with Crippen molar-refractivity contribution < 1.29 is 0 Å². The van der Waals surface area contributed by atoms with Crippen molar-refractivity contribution in [3.8, 4) is 45.0 Å². The average Bonchev–Trinajstić information content (AvgIpc) is 3.93. The van der Waals surface area contributed by atoms with E-state index in [4.69, 9.17) is 4.98 Å². The highest BCUT2D eigenvalue weighted by Gasteiger charge is 2.50. The minimum absolute atomic E-state index is 0.481. The minimum Gasteiger partial charge on any atom is -0.309 e. The number of rotatable bonds is 3. The van der Waals surface area contributed by atoms with E-state index >= 15 is 0 Å². The van der Waals surface area contributed by atoms with Crippen LogP contribution in [-0.4, -0.2) is 14.1 Å². The molecule has 0 amide bonds. The lowest BCUT2D eigenvalue weighted by molar-refractivity contribution is 0.749. The molecule has 1 spiro atoms. The largest absolute Gasteiger partial charge is 0.309 e. The Balaban J connectivity index is 1.02. The summed E-state index contributed by atoms with van der Waals surface area (Å²) in [5.41, 5.74) is 17.9. The molecule has 1 atom stereocenters. The van der Waals surface area contributed by atoms with Crippen LogP contribution in [0, 0.1) is 0 Å². The van der Waals surface area contributed by atoms with Gasteiger partial charge in [-0.15, -0.1) is 0 Å². The third-order valence-electron chi connectivity index (χ3n) is 12.7. The van der Waals surface area contributed by atoms with Gasteiger partial charge in [-0.05, 0) is 97.7 Å². The van der Waals surface area contributed by atoms with Crippen molar-refractivity contribution in [1.29, 1.82) is 0 Å². The summed E-state index contributed by atoms with van der Waals surface area (Å²) in [4.78, 5) is 5.22. The van der Waals surface area contributed by atoms with Gasteiger partial charge in [-0.2, -0.15) is 0 Å². The second-order valence-corrected chi connectivity index (χ2v) is 15.5. The van der Waals surface area contributed by atoms with Crippen molar-refractivity contribution >= 4 is 43.6 Å². The van der Waals surface area contributed by atoms with Crippen LogP contribution in [-0.2, 0) is 5.41 Å². The molecule has 3 nitrogen and oxygen atoms in total. The van der Waals surface area contributed by atoms with Gasteiger partial charge in [0.25, 0.3) is 0 Å². The molecule has 11 aromatic rings. The van der Waals surface area contributed by atoms with Crippen LogP contribution in [0.5, 0.6) is 0 Å². The van der Waals surface area contributed by atoms with Crippen molar-refractivity contribution in [2.24, 2.45) is 0 Å². The van der Waals surface area contributed by atoms with Crippen molar-refractivity contribution in [2.45, 2.75) is 5.41 Å². The highest BCUT2D eigenvalue weighted by atomic mass is 15.1. The van der Waals surface area contributed by atoms with E-state index in [9.17, 15) is 0 Å². The van der Waals surface area contributed by atoms with Gasteiger partial charge >= 0.3 is 0 Å². The Morgan fingerprint density at radius 2 is 1.02 bits per heavy atom. The van der Waals surface area contributed by atoms with Crippen LogP contribution in [0.2, 0.25) is 0 Å². The summed E-state index contributed by atoms with van der Waals surface area (Å²) in [6, 6.07) is 73.7. The lowest BCUT2D eigenvalue weighted by atomic mass is 9.65. The van der Waals surface area contributed by atoms with E-state index < -0.39 is 5.41 Å². The van der Waals surface area contributed by atoms with Crippen molar-refractivity contribution in [3.63, 3.8) is 0 Å². The van der Waals surface area contributed by atoms with Crippen LogP contribution in [0.3, 0.4) is 0 Å². The van der Waals surface area contributed by atoms with Gasteiger partial charge in [-0.1, -0.05) is 158 Å². The van der Waals surface area contributed by atoms with Crippen LogP contribution in [0.15, 0.2) is 200 Å². The Hall–Kier alpha value is -7.49. The van der Waals surface area contributed by atoms with E-state index in [1.807, 2.05) is 0 Å². The zero-order valence-electron chi connectivity index (χ0n) is 30.9. The quantitative estimate of drug-likeness (QED) is 0.178. The first-order valence-corrected chi connectivity index (χ1v) is 19.7. The number of hydrogen-bond acceptors (Lipinski definition) is 1. The minimum atomic E-state index is -0.481. The predicted molar refractivity (Wildman–Crippen MR) is 235 cm³/mol. The molecule has 1 unspecified atom stereocenters. The highest BCUT2D eigenvalue weighted by Crippen LogP contribution is 2.61. The summed E-state index contributed by atoms with van der Waals surface area (Å²) in [5, 5.41) is 4.99. The smallest absolute Gasteiger partial charge is 0.146 e. The zero-order valence-corrected chi connectivity index (χ0v) is 30.9. The van der Waals surface area contributed by atoms with Gasteiger partial charge in [0.15, 0.2) is 0 Å². The number of hydrogen-bond donors (Lipinski definition) is 0. The Labute approximate surface area is 329 Å². The maximum atomic E-state index is 5.22. The molecule has 1 aliphatic carbocycles. The molecule has 0 bridgehead atoms. The van der Waals surface area contributed by atoms with Gasteiger partial charge < -0.3 is 4.57 Å². The van der Waals surface area contributed by atoms with Gasteiger partial charge in [0, 0.05) is 22.0 Å². The average molecular weight is 724 g/mol. The Kier molecular flexibility index (Phi) is 6.10. The molecule has 0 fully saturated rings. The first kappa shape index (κ1) is 30.8. The SMILES string of the molecule is c1ccc2c(c1)-c1ccc(-c3ccc(-n4c(-c5cccc6ccccc56)nc5ccccc54)cc3)cc1C21c2ccccc2-n2c3ccccc3c3cccc1c32. The van der Waals surface area contributed by atoms with Gasteiger partial charge in [0.1, 0.15) is 5.82 Å². The summed E-state index contributed by atoms with van der Waals surface area (Å²) in [6.45, 7) is 0. The Morgan fingerprint density at radius 3 is 1.93 bits per heavy atom.